The molecular weight excluding hydrogens is 188 g/mol. The molecule has 0 amide bonds. The monoisotopic (exact) mass is 200 g/mol. The van der Waals surface area contributed by atoms with Crippen LogP contribution in [0.4, 0.5) is 11.4 Å². The van der Waals surface area contributed by atoms with Gasteiger partial charge < -0.3 is 15.7 Å². The van der Waals surface area contributed by atoms with Gasteiger partial charge >= 0.3 is 0 Å². The summed E-state index contributed by atoms with van der Waals surface area (Å²) >= 11 is 5.75. The second-order valence-electron chi connectivity index (χ2n) is 2.85. The molecule has 0 bridgehead atoms. The maximum atomic E-state index is 8.73. The van der Waals surface area contributed by atoms with Gasteiger partial charge in [0.1, 0.15) is 0 Å². The van der Waals surface area contributed by atoms with Gasteiger partial charge in [-0.05, 0) is 18.2 Å². The van der Waals surface area contributed by atoms with Crippen molar-refractivity contribution in [3.05, 3.63) is 23.2 Å². The normalized spacial score (nSPS) is 10.1. The topological polar surface area (TPSA) is 49.5 Å². The van der Waals surface area contributed by atoms with Gasteiger partial charge in [0.2, 0.25) is 0 Å². The number of aliphatic hydroxyl groups is 1. The molecule has 3 N–H and O–H groups in total. The summed E-state index contributed by atoms with van der Waals surface area (Å²) in [6.07, 6.45) is 0. The molecule has 4 heteroatoms. The van der Waals surface area contributed by atoms with E-state index in [-0.39, 0.29) is 6.61 Å². The van der Waals surface area contributed by atoms with Crippen molar-refractivity contribution in [1.82, 2.24) is 0 Å². The lowest BCUT2D eigenvalue weighted by molar-refractivity contribution is 0.304. The summed E-state index contributed by atoms with van der Waals surface area (Å²) in [7, 11) is 1.87. The minimum absolute atomic E-state index is 0.110. The Morgan fingerprint density at radius 2 is 2.23 bits per heavy atom. The summed E-state index contributed by atoms with van der Waals surface area (Å²) in [4.78, 5) is 1.88. The summed E-state index contributed by atoms with van der Waals surface area (Å²) in [6.45, 7) is 0.671. The van der Waals surface area contributed by atoms with E-state index < -0.39 is 0 Å². The second-order valence-corrected chi connectivity index (χ2v) is 3.28. The molecule has 72 valence electrons. The molecule has 0 spiro atoms. The third kappa shape index (κ3) is 2.50. The van der Waals surface area contributed by atoms with Gasteiger partial charge in [-0.25, -0.2) is 0 Å². The Kier molecular flexibility index (Phi) is 3.39. The van der Waals surface area contributed by atoms with Crippen LogP contribution < -0.4 is 10.6 Å². The largest absolute Gasteiger partial charge is 0.397 e. The number of nitrogen functional groups attached to an aromatic ring is 1. The SMILES string of the molecule is CN(CCO)c1ccc(Cl)cc1N. The van der Waals surface area contributed by atoms with Crippen LogP contribution in [0.25, 0.3) is 0 Å². The molecule has 0 atom stereocenters. The van der Waals surface area contributed by atoms with Crippen LogP contribution in [-0.4, -0.2) is 25.3 Å². The minimum atomic E-state index is 0.110. The van der Waals surface area contributed by atoms with E-state index in [0.29, 0.717) is 17.3 Å². The van der Waals surface area contributed by atoms with E-state index in [0.717, 1.165) is 5.69 Å². The van der Waals surface area contributed by atoms with Crippen molar-refractivity contribution in [2.45, 2.75) is 0 Å². The lowest BCUT2D eigenvalue weighted by Gasteiger charge is -2.19. The predicted octanol–water partition coefficient (Wildman–Crippen LogP) is 1.35. The van der Waals surface area contributed by atoms with Crippen LogP contribution in [0.15, 0.2) is 18.2 Å². The zero-order chi connectivity index (χ0) is 9.84. The quantitative estimate of drug-likeness (QED) is 0.725. The van der Waals surface area contributed by atoms with Crippen LogP contribution in [-0.2, 0) is 0 Å². The van der Waals surface area contributed by atoms with E-state index in [4.69, 9.17) is 22.4 Å². The average Bonchev–Trinajstić information content (AvgIpc) is 2.04. The number of benzene rings is 1. The predicted molar refractivity (Wildman–Crippen MR) is 56.2 cm³/mol. The molecule has 1 rings (SSSR count). The summed E-state index contributed by atoms with van der Waals surface area (Å²) in [6, 6.07) is 5.32. The highest BCUT2D eigenvalue weighted by Crippen LogP contribution is 2.25. The number of rotatable bonds is 3. The van der Waals surface area contributed by atoms with Crippen molar-refractivity contribution >= 4 is 23.0 Å². The average molecular weight is 201 g/mol. The van der Waals surface area contributed by atoms with Crippen molar-refractivity contribution in [3.8, 4) is 0 Å². The maximum absolute atomic E-state index is 8.73. The third-order valence-electron chi connectivity index (χ3n) is 1.84. The van der Waals surface area contributed by atoms with E-state index >= 15 is 0 Å². The molecule has 0 aliphatic rings. The van der Waals surface area contributed by atoms with Crippen LogP contribution in [0, 0.1) is 0 Å². The van der Waals surface area contributed by atoms with E-state index in [1.165, 1.54) is 0 Å². The molecule has 0 radical (unpaired) electrons. The van der Waals surface area contributed by atoms with Crippen molar-refractivity contribution in [2.75, 3.05) is 30.8 Å². The van der Waals surface area contributed by atoms with Gasteiger partial charge in [0, 0.05) is 18.6 Å². The van der Waals surface area contributed by atoms with Crippen molar-refractivity contribution in [1.29, 1.82) is 0 Å². The lowest BCUT2D eigenvalue weighted by atomic mass is 10.2. The molecule has 0 aliphatic heterocycles. The number of nitrogens with two attached hydrogens (primary N) is 1. The van der Waals surface area contributed by atoms with Gasteiger partial charge in [-0.3, -0.25) is 0 Å². The number of likely N-dealkylation sites (N-methyl/N-ethyl adjacent to an activating group) is 1. The zero-order valence-corrected chi connectivity index (χ0v) is 8.25. The smallest absolute Gasteiger partial charge is 0.0606 e. The first kappa shape index (κ1) is 10.2. The Balaban J connectivity index is 2.88. The number of hydrogen-bond acceptors (Lipinski definition) is 3. The third-order valence-corrected chi connectivity index (χ3v) is 2.07. The maximum Gasteiger partial charge on any atom is 0.0606 e. The molecule has 0 saturated carbocycles. The van der Waals surface area contributed by atoms with Crippen LogP contribution in [0.3, 0.4) is 0 Å². The Labute approximate surface area is 82.7 Å². The molecule has 0 unspecified atom stereocenters. The van der Waals surface area contributed by atoms with Gasteiger partial charge in [0.25, 0.3) is 0 Å². The summed E-state index contributed by atoms with van der Waals surface area (Å²) in [5, 5.41) is 9.36. The number of halogens is 1. The number of aliphatic hydroxyl groups excluding tert-OH is 1. The lowest BCUT2D eigenvalue weighted by Crippen LogP contribution is -2.22. The van der Waals surface area contributed by atoms with Crippen LogP contribution in [0.1, 0.15) is 0 Å². The Morgan fingerprint density at radius 1 is 1.54 bits per heavy atom. The van der Waals surface area contributed by atoms with Crippen molar-refractivity contribution < 1.29 is 5.11 Å². The fourth-order valence-corrected chi connectivity index (χ4v) is 1.32. The molecule has 1 aromatic carbocycles. The van der Waals surface area contributed by atoms with Gasteiger partial charge in [-0.1, -0.05) is 11.6 Å². The molecule has 0 saturated heterocycles. The first-order valence-electron chi connectivity index (χ1n) is 4.02. The summed E-state index contributed by atoms with van der Waals surface area (Å²) < 4.78 is 0. The van der Waals surface area contributed by atoms with E-state index in [1.54, 1.807) is 12.1 Å². The first-order valence-corrected chi connectivity index (χ1v) is 4.40. The number of anilines is 2. The molecular formula is C9H13ClN2O. The Bertz CT molecular complexity index is 291. The Hall–Kier alpha value is -0.930. The highest BCUT2D eigenvalue weighted by molar-refractivity contribution is 6.31. The molecule has 0 heterocycles. The van der Waals surface area contributed by atoms with Crippen molar-refractivity contribution in [2.24, 2.45) is 0 Å². The second kappa shape index (κ2) is 4.35. The summed E-state index contributed by atoms with van der Waals surface area (Å²) in [5.74, 6) is 0. The molecule has 0 aliphatic carbocycles. The standard InChI is InChI=1S/C9H13ClN2O/c1-12(4-5-13)9-3-2-7(10)6-8(9)11/h2-3,6,13H,4-5,11H2,1H3. The fourth-order valence-electron chi connectivity index (χ4n) is 1.14. The minimum Gasteiger partial charge on any atom is -0.397 e. The molecule has 1 aromatic rings. The zero-order valence-electron chi connectivity index (χ0n) is 7.50. The highest BCUT2D eigenvalue weighted by atomic mass is 35.5. The summed E-state index contributed by atoms with van der Waals surface area (Å²) in [5.41, 5.74) is 7.26. The fraction of sp³-hybridized carbons (Fsp3) is 0.333. The first-order chi connectivity index (χ1) is 6.15. The molecule has 3 nitrogen and oxygen atoms in total. The van der Waals surface area contributed by atoms with Crippen LogP contribution in [0.5, 0.6) is 0 Å². The number of nitrogens with zero attached hydrogens (tertiary/aromatic N) is 1. The van der Waals surface area contributed by atoms with E-state index in [2.05, 4.69) is 0 Å². The van der Waals surface area contributed by atoms with E-state index in [1.807, 2.05) is 18.0 Å². The number of hydrogen-bond donors (Lipinski definition) is 2. The Morgan fingerprint density at radius 3 is 2.77 bits per heavy atom. The molecule has 13 heavy (non-hydrogen) atoms. The van der Waals surface area contributed by atoms with Gasteiger partial charge in [0.05, 0.1) is 18.0 Å². The van der Waals surface area contributed by atoms with E-state index in [9.17, 15) is 0 Å². The van der Waals surface area contributed by atoms with Gasteiger partial charge in [-0.2, -0.15) is 0 Å². The van der Waals surface area contributed by atoms with Gasteiger partial charge in [-0.15, -0.1) is 0 Å². The molecule has 0 fully saturated rings. The molecule has 0 aromatic heterocycles. The highest BCUT2D eigenvalue weighted by Gasteiger charge is 2.04. The van der Waals surface area contributed by atoms with Gasteiger partial charge in [0.15, 0.2) is 0 Å². The van der Waals surface area contributed by atoms with Crippen LogP contribution >= 0.6 is 11.6 Å². The van der Waals surface area contributed by atoms with Crippen molar-refractivity contribution in [3.63, 3.8) is 0 Å². The van der Waals surface area contributed by atoms with Crippen LogP contribution in [0.2, 0.25) is 5.02 Å².